The first-order valence-corrected chi connectivity index (χ1v) is 4.66. The van der Waals surface area contributed by atoms with Crippen molar-refractivity contribution in [3.05, 3.63) is 49.8 Å². The van der Waals surface area contributed by atoms with Crippen molar-refractivity contribution in [2.24, 2.45) is 0 Å². The molecule has 0 heterocycles. The molecule has 4 nitrogen and oxygen atoms in total. The van der Waals surface area contributed by atoms with Gasteiger partial charge in [0.1, 0.15) is 0 Å². The molecule has 0 saturated heterocycles. The summed E-state index contributed by atoms with van der Waals surface area (Å²) < 4.78 is 0.607. The maximum absolute atomic E-state index is 10.4. The number of benzene rings is 1. The lowest BCUT2D eigenvalue weighted by Crippen LogP contribution is -1.92. The molecule has 1 unspecified atom stereocenters. The van der Waals surface area contributed by atoms with Crippen LogP contribution >= 0.6 is 15.9 Å². The van der Waals surface area contributed by atoms with Crippen LogP contribution in [0.3, 0.4) is 0 Å². The van der Waals surface area contributed by atoms with Crippen molar-refractivity contribution in [2.45, 2.75) is 13.0 Å². The van der Waals surface area contributed by atoms with Gasteiger partial charge in [-0.25, -0.2) is 6.57 Å². The molecule has 0 bridgehead atoms. The number of hydrogen-bond acceptors (Lipinski definition) is 2. The Morgan fingerprint density at radius 3 is 2.71 bits per heavy atom. The summed E-state index contributed by atoms with van der Waals surface area (Å²) in [5.74, 6) is 0. The predicted octanol–water partition coefficient (Wildman–Crippen LogP) is 3.34. The van der Waals surface area contributed by atoms with Crippen molar-refractivity contribution in [3.8, 4) is 0 Å². The Morgan fingerprint density at radius 2 is 2.29 bits per heavy atom. The zero-order valence-electron chi connectivity index (χ0n) is 7.40. The molecule has 1 atom stereocenters. The zero-order valence-corrected chi connectivity index (χ0v) is 8.98. The Labute approximate surface area is 89.6 Å². The second-order valence-electron chi connectivity index (χ2n) is 2.77. The van der Waals surface area contributed by atoms with Crippen LogP contribution in [-0.4, -0.2) is 4.92 Å². The number of hydrogen-bond donors (Lipinski definition) is 0. The molecule has 0 aliphatic carbocycles. The largest absolute Gasteiger partial charge is 0.309 e. The lowest BCUT2D eigenvalue weighted by atomic mass is 10.1. The molecule has 0 aliphatic rings. The summed E-state index contributed by atoms with van der Waals surface area (Å²) >= 11 is 3.21. The number of nitrogens with zero attached hydrogens (tertiary/aromatic N) is 2. The van der Waals surface area contributed by atoms with Crippen LogP contribution in [-0.2, 0) is 0 Å². The highest BCUT2D eigenvalue weighted by Crippen LogP contribution is 2.29. The third-order valence-electron chi connectivity index (χ3n) is 1.84. The Hall–Kier alpha value is -1.41. The lowest BCUT2D eigenvalue weighted by molar-refractivity contribution is -0.384. The molecule has 0 fully saturated rings. The van der Waals surface area contributed by atoms with E-state index < -0.39 is 4.92 Å². The van der Waals surface area contributed by atoms with Crippen LogP contribution in [0.2, 0.25) is 0 Å². The fourth-order valence-corrected chi connectivity index (χ4v) is 1.74. The molecular weight excluding hydrogens is 248 g/mol. The van der Waals surface area contributed by atoms with Crippen LogP contribution in [0, 0.1) is 16.7 Å². The minimum absolute atomic E-state index is 0.0257. The average molecular weight is 255 g/mol. The summed E-state index contributed by atoms with van der Waals surface area (Å²) in [6.07, 6.45) is 0. The molecule has 5 heteroatoms. The van der Waals surface area contributed by atoms with Crippen LogP contribution in [0.25, 0.3) is 4.85 Å². The Kier molecular flexibility index (Phi) is 3.20. The summed E-state index contributed by atoms with van der Waals surface area (Å²) in [6.45, 7) is 8.60. The van der Waals surface area contributed by atoms with Crippen molar-refractivity contribution in [1.29, 1.82) is 0 Å². The van der Waals surface area contributed by atoms with E-state index in [1.165, 1.54) is 12.1 Å². The van der Waals surface area contributed by atoms with Crippen LogP contribution < -0.4 is 0 Å². The number of rotatable bonds is 2. The van der Waals surface area contributed by atoms with Gasteiger partial charge in [0.15, 0.2) is 0 Å². The summed E-state index contributed by atoms with van der Waals surface area (Å²) in [7, 11) is 0. The van der Waals surface area contributed by atoms with Crippen LogP contribution in [0.15, 0.2) is 22.7 Å². The van der Waals surface area contributed by atoms with Gasteiger partial charge in [-0.15, -0.1) is 0 Å². The Morgan fingerprint density at radius 1 is 1.64 bits per heavy atom. The summed E-state index contributed by atoms with van der Waals surface area (Å²) in [4.78, 5) is 13.3. The van der Waals surface area contributed by atoms with E-state index in [2.05, 4.69) is 20.8 Å². The number of non-ortho nitro benzene ring substituents is 1. The second-order valence-corrected chi connectivity index (χ2v) is 3.62. The predicted molar refractivity (Wildman–Crippen MR) is 55.8 cm³/mol. The number of nitro groups is 1. The smallest absolute Gasteiger partial charge is 0.270 e. The third-order valence-corrected chi connectivity index (χ3v) is 2.53. The Balaban J connectivity index is 3.15. The van der Waals surface area contributed by atoms with E-state index in [-0.39, 0.29) is 11.7 Å². The van der Waals surface area contributed by atoms with Gasteiger partial charge in [-0.1, -0.05) is 0 Å². The standard InChI is InChI=1S/C9H7BrN2O2/c1-6(11-2)8-4-3-7(12(13)14)5-9(8)10/h3-6H,1H3. The van der Waals surface area contributed by atoms with Crippen LogP contribution in [0.5, 0.6) is 0 Å². The first-order chi connectivity index (χ1) is 6.56. The van der Waals surface area contributed by atoms with Crippen molar-refractivity contribution in [2.75, 3.05) is 0 Å². The molecule has 0 radical (unpaired) electrons. The fraction of sp³-hybridized carbons (Fsp3) is 0.222. The summed E-state index contributed by atoms with van der Waals surface area (Å²) in [6, 6.07) is 4.13. The second kappa shape index (κ2) is 4.20. The van der Waals surface area contributed by atoms with E-state index >= 15 is 0 Å². The van der Waals surface area contributed by atoms with Crippen LogP contribution in [0.1, 0.15) is 18.5 Å². The molecule has 0 aliphatic heterocycles. The molecule has 1 aromatic rings. The topological polar surface area (TPSA) is 47.5 Å². The fourth-order valence-electron chi connectivity index (χ4n) is 1.04. The van der Waals surface area contributed by atoms with Crippen molar-refractivity contribution >= 4 is 21.6 Å². The molecular formula is C9H7BrN2O2. The minimum atomic E-state index is -0.461. The van der Waals surface area contributed by atoms with E-state index in [0.29, 0.717) is 4.47 Å². The average Bonchev–Trinajstić information content (AvgIpc) is 2.16. The molecule has 1 rings (SSSR count). The molecule has 0 spiro atoms. The number of halogens is 1. The molecule has 0 aromatic heterocycles. The van der Waals surface area contributed by atoms with Gasteiger partial charge in [-0.3, -0.25) is 10.1 Å². The SMILES string of the molecule is [C-]#[N+]C(C)c1ccc([N+](=O)[O-])cc1Br. The molecule has 0 saturated carbocycles. The van der Waals surface area contributed by atoms with Gasteiger partial charge < -0.3 is 4.85 Å². The van der Waals surface area contributed by atoms with Gasteiger partial charge in [-0.05, 0) is 22.0 Å². The van der Waals surface area contributed by atoms with Gasteiger partial charge >= 0.3 is 0 Å². The minimum Gasteiger partial charge on any atom is -0.309 e. The molecule has 14 heavy (non-hydrogen) atoms. The highest BCUT2D eigenvalue weighted by atomic mass is 79.9. The summed E-state index contributed by atoms with van der Waals surface area (Å²) in [5.41, 5.74) is 0.795. The van der Waals surface area contributed by atoms with Crippen LogP contribution in [0.4, 0.5) is 5.69 Å². The zero-order chi connectivity index (χ0) is 10.7. The van der Waals surface area contributed by atoms with E-state index in [4.69, 9.17) is 6.57 Å². The highest BCUT2D eigenvalue weighted by Gasteiger charge is 2.15. The van der Waals surface area contributed by atoms with Gasteiger partial charge in [-0.2, -0.15) is 0 Å². The molecule has 0 amide bonds. The molecule has 72 valence electrons. The third kappa shape index (κ3) is 2.09. The molecule has 1 aromatic carbocycles. The van der Waals surface area contributed by atoms with Gasteiger partial charge in [0.2, 0.25) is 6.04 Å². The van der Waals surface area contributed by atoms with Crippen molar-refractivity contribution < 1.29 is 4.92 Å². The van der Waals surface area contributed by atoms with E-state index in [1.807, 2.05) is 0 Å². The van der Waals surface area contributed by atoms with E-state index in [9.17, 15) is 10.1 Å². The quantitative estimate of drug-likeness (QED) is 0.462. The first-order valence-electron chi connectivity index (χ1n) is 3.86. The lowest BCUT2D eigenvalue weighted by Gasteiger charge is -2.02. The molecule has 0 N–H and O–H groups in total. The summed E-state index contributed by atoms with van der Waals surface area (Å²) in [5, 5.41) is 10.4. The first kappa shape index (κ1) is 10.7. The van der Waals surface area contributed by atoms with Crippen molar-refractivity contribution in [1.82, 2.24) is 0 Å². The van der Waals surface area contributed by atoms with E-state index in [1.54, 1.807) is 13.0 Å². The van der Waals surface area contributed by atoms with Gasteiger partial charge in [0.05, 0.1) is 4.92 Å². The van der Waals surface area contributed by atoms with Gasteiger partial charge in [0, 0.05) is 29.1 Å². The maximum atomic E-state index is 10.4. The van der Waals surface area contributed by atoms with Gasteiger partial charge in [0.25, 0.3) is 5.69 Å². The Bertz CT molecular complexity index is 412. The number of nitro benzene ring substituents is 1. The highest BCUT2D eigenvalue weighted by molar-refractivity contribution is 9.10. The monoisotopic (exact) mass is 254 g/mol. The van der Waals surface area contributed by atoms with Crippen molar-refractivity contribution in [3.63, 3.8) is 0 Å². The maximum Gasteiger partial charge on any atom is 0.270 e. The van der Waals surface area contributed by atoms with E-state index in [0.717, 1.165) is 5.56 Å². The normalized spacial score (nSPS) is 11.8.